The van der Waals surface area contributed by atoms with Crippen LogP contribution < -0.4 is 0 Å². The molecule has 3 aromatic heterocycles. The lowest BCUT2D eigenvalue weighted by Gasteiger charge is -2.33. The molecule has 1 aromatic carbocycles. The quantitative estimate of drug-likeness (QED) is 0.449. The summed E-state index contributed by atoms with van der Waals surface area (Å²) in [6.07, 6.45) is 0.666. The van der Waals surface area contributed by atoms with E-state index in [9.17, 15) is 0 Å². The Morgan fingerprint density at radius 2 is 1.63 bits per heavy atom. The van der Waals surface area contributed by atoms with Crippen LogP contribution in [0.5, 0.6) is 0 Å². The number of rotatable bonds is 7. The van der Waals surface area contributed by atoms with Crippen LogP contribution in [0.15, 0.2) is 56.8 Å². The Morgan fingerprint density at radius 1 is 0.867 bits per heavy atom. The van der Waals surface area contributed by atoms with E-state index in [0.29, 0.717) is 37.2 Å². The molecule has 0 atom stereocenters. The first-order chi connectivity index (χ1) is 14.8. The molecule has 0 unspecified atom stereocenters. The number of thiophene rings is 1. The zero-order chi connectivity index (χ0) is 20.2. The van der Waals surface area contributed by atoms with Crippen molar-refractivity contribution in [1.82, 2.24) is 30.1 Å². The second kappa shape index (κ2) is 8.86. The number of aromatic nitrogens is 4. The summed E-state index contributed by atoms with van der Waals surface area (Å²) in [7, 11) is 0. The van der Waals surface area contributed by atoms with E-state index >= 15 is 0 Å². The molecule has 0 N–H and O–H groups in total. The minimum atomic E-state index is 0.598. The summed E-state index contributed by atoms with van der Waals surface area (Å²) in [5, 5.41) is 14.5. The van der Waals surface area contributed by atoms with E-state index in [4.69, 9.17) is 8.94 Å². The van der Waals surface area contributed by atoms with Gasteiger partial charge in [-0.2, -0.15) is 4.98 Å². The summed E-state index contributed by atoms with van der Waals surface area (Å²) in [5.74, 6) is 2.66. The van der Waals surface area contributed by atoms with Crippen molar-refractivity contribution in [2.45, 2.75) is 19.5 Å². The molecule has 1 fully saturated rings. The Bertz CT molecular complexity index is 1050. The van der Waals surface area contributed by atoms with Crippen molar-refractivity contribution in [2.24, 2.45) is 0 Å². The average Bonchev–Trinajstić information content (AvgIpc) is 3.53. The van der Waals surface area contributed by atoms with E-state index in [1.165, 1.54) is 5.56 Å². The van der Waals surface area contributed by atoms with Gasteiger partial charge in [0.25, 0.3) is 5.89 Å². The predicted molar refractivity (Wildman–Crippen MR) is 112 cm³/mol. The van der Waals surface area contributed by atoms with Gasteiger partial charge in [-0.25, -0.2) is 0 Å². The molecule has 0 radical (unpaired) electrons. The molecule has 1 aliphatic heterocycles. The van der Waals surface area contributed by atoms with Crippen LogP contribution in [0.25, 0.3) is 10.8 Å². The highest BCUT2D eigenvalue weighted by atomic mass is 32.1. The van der Waals surface area contributed by atoms with Crippen LogP contribution in [0.1, 0.15) is 23.2 Å². The van der Waals surface area contributed by atoms with Gasteiger partial charge in [-0.1, -0.05) is 41.6 Å². The van der Waals surface area contributed by atoms with Crippen molar-refractivity contribution in [2.75, 3.05) is 26.2 Å². The second-order valence-corrected chi connectivity index (χ2v) is 8.24. The molecule has 0 aliphatic carbocycles. The highest BCUT2D eigenvalue weighted by molar-refractivity contribution is 7.13. The molecule has 4 heterocycles. The first-order valence-corrected chi connectivity index (χ1v) is 10.9. The lowest BCUT2D eigenvalue weighted by atomic mass is 10.2. The summed E-state index contributed by atoms with van der Waals surface area (Å²) in [6, 6.07) is 14.1. The van der Waals surface area contributed by atoms with Gasteiger partial charge in [0.2, 0.25) is 11.8 Å². The Kier molecular flexibility index (Phi) is 5.65. The number of benzene rings is 1. The Labute approximate surface area is 178 Å². The number of nitrogens with zero attached hydrogens (tertiary/aromatic N) is 6. The van der Waals surface area contributed by atoms with Crippen LogP contribution in [0.4, 0.5) is 0 Å². The van der Waals surface area contributed by atoms with Gasteiger partial charge in [-0.05, 0) is 17.0 Å². The van der Waals surface area contributed by atoms with Crippen LogP contribution in [0.2, 0.25) is 0 Å². The molecule has 154 valence electrons. The standard InChI is InChI=1S/C21H22N6O2S/c1-2-5-16(6-3-1)13-19-23-24-20(28-19)15-27-10-8-26(9-11-27)14-18-22-21(29-25-18)17-7-4-12-30-17/h1-7,12H,8-11,13-15H2. The minimum absolute atomic E-state index is 0.598. The SMILES string of the molecule is c1ccc(Cc2nnc(CN3CCN(Cc4noc(-c5cccs5)n4)CC3)o2)cc1. The first-order valence-electron chi connectivity index (χ1n) is 9.98. The van der Waals surface area contributed by atoms with Crippen LogP contribution in [0, 0.1) is 0 Å². The fraction of sp³-hybridized carbons (Fsp3) is 0.333. The molecule has 5 rings (SSSR count). The number of hydrogen-bond acceptors (Lipinski definition) is 9. The van der Waals surface area contributed by atoms with Crippen molar-refractivity contribution in [3.8, 4) is 10.8 Å². The third kappa shape index (κ3) is 4.64. The van der Waals surface area contributed by atoms with Crippen molar-refractivity contribution in [3.63, 3.8) is 0 Å². The van der Waals surface area contributed by atoms with Gasteiger partial charge in [0.05, 0.1) is 24.4 Å². The molecular weight excluding hydrogens is 400 g/mol. The molecular formula is C21H22N6O2S. The molecule has 0 saturated carbocycles. The highest BCUT2D eigenvalue weighted by Gasteiger charge is 2.21. The van der Waals surface area contributed by atoms with Crippen molar-refractivity contribution < 1.29 is 8.94 Å². The van der Waals surface area contributed by atoms with Gasteiger partial charge in [0.15, 0.2) is 5.82 Å². The molecule has 1 saturated heterocycles. The van der Waals surface area contributed by atoms with Crippen molar-refractivity contribution >= 4 is 11.3 Å². The zero-order valence-electron chi connectivity index (χ0n) is 16.5. The smallest absolute Gasteiger partial charge is 0.268 e. The maximum absolute atomic E-state index is 5.84. The van der Waals surface area contributed by atoms with E-state index < -0.39 is 0 Å². The Hall–Kier alpha value is -2.88. The van der Waals surface area contributed by atoms with Gasteiger partial charge in [-0.15, -0.1) is 21.5 Å². The summed E-state index contributed by atoms with van der Waals surface area (Å²) >= 11 is 1.60. The van der Waals surface area contributed by atoms with Gasteiger partial charge in [0, 0.05) is 26.2 Å². The lowest BCUT2D eigenvalue weighted by molar-refractivity contribution is 0.111. The molecule has 30 heavy (non-hydrogen) atoms. The van der Waals surface area contributed by atoms with Crippen molar-refractivity contribution in [3.05, 3.63) is 71.0 Å². The lowest BCUT2D eigenvalue weighted by Crippen LogP contribution is -2.45. The summed E-state index contributed by atoms with van der Waals surface area (Å²) < 4.78 is 11.2. The van der Waals surface area contributed by atoms with Gasteiger partial charge in [0.1, 0.15) is 0 Å². The summed E-state index contributed by atoms with van der Waals surface area (Å²) in [4.78, 5) is 10.2. The first kappa shape index (κ1) is 19.1. The monoisotopic (exact) mass is 422 g/mol. The fourth-order valence-electron chi connectivity index (χ4n) is 3.51. The summed E-state index contributed by atoms with van der Waals surface area (Å²) in [6.45, 7) is 5.13. The molecule has 8 nitrogen and oxygen atoms in total. The number of piperazine rings is 1. The minimum Gasteiger partial charge on any atom is -0.424 e. The largest absolute Gasteiger partial charge is 0.424 e. The van der Waals surface area contributed by atoms with Crippen LogP contribution in [-0.2, 0) is 19.5 Å². The average molecular weight is 423 g/mol. The molecule has 0 spiro atoms. The topological polar surface area (TPSA) is 84.3 Å². The third-order valence-electron chi connectivity index (χ3n) is 5.10. The summed E-state index contributed by atoms with van der Waals surface area (Å²) in [5.41, 5.74) is 1.17. The van der Waals surface area contributed by atoms with E-state index in [1.54, 1.807) is 11.3 Å². The predicted octanol–water partition coefficient (Wildman–Crippen LogP) is 3.09. The van der Waals surface area contributed by atoms with E-state index in [-0.39, 0.29) is 0 Å². The molecule has 1 aliphatic rings. The highest BCUT2D eigenvalue weighted by Crippen LogP contribution is 2.22. The second-order valence-electron chi connectivity index (χ2n) is 7.30. The molecule has 0 bridgehead atoms. The van der Waals surface area contributed by atoms with Gasteiger partial charge in [-0.3, -0.25) is 9.80 Å². The number of hydrogen-bond donors (Lipinski definition) is 0. The zero-order valence-corrected chi connectivity index (χ0v) is 17.3. The Morgan fingerprint density at radius 3 is 2.40 bits per heavy atom. The van der Waals surface area contributed by atoms with E-state index in [0.717, 1.165) is 36.9 Å². The van der Waals surface area contributed by atoms with Crippen LogP contribution >= 0.6 is 11.3 Å². The van der Waals surface area contributed by atoms with Crippen molar-refractivity contribution in [1.29, 1.82) is 0 Å². The molecule has 4 aromatic rings. The molecule has 0 amide bonds. The van der Waals surface area contributed by atoms with Crippen LogP contribution in [0.3, 0.4) is 0 Å². The van der Waals surface area contributed by atoms with Gasteiger partial charge >= 0.3 is 0 Å². The Balaban J connectivity index is 1.10. The normalized spacial score (nSPS) is 15.6. The maximum atomic E-state index is 5.84. The fourth-order valence-corrected chi connectivity index (χ4v) is 4.15. The molecule has 9 heteroatoms. The maximum Gasteiger partial charge on any atom is 0.268 e. The van der Waals surface area contributed by atoms with E-state index in [2.05, 4.69) is 42.3 Å². The van der Waals surface area contributed by atoms with Gasteiger partial charge < -0.3 is 8.94 Å². The third-order valence-corrected chi connectivity index (χ3v) is 5.95. The van der Waals surface area contributed by atoms with E-state index in [1.807, 2.05) is 35.7 Å². The van der Waals surface area contributed by atoms with Crippen LogP contribution in [-0.4, -0.2) is 56.3 Å².